The van der Waals surface area contributed by atoms with E-state index in [9.17, 15) is 9.59 Å². The van der Waals surface area contributed by atoms with Crippen LogP contribution in [0.2, 0.25) is 0 Å². The van der Waals surface area contributed by atoms with Crippen LogP contribution in [0.4, 0.5) is 0 Å². The molecule has 0 bridgehead atoms. The SMILES string of the molecule is COc1ccc(C(=O)c2ccc(CN(C)CC(OC)OC)cc2)c(OC(C)=O)c1. The van der Waals surface area contributed by atoms with E-state index in [1.807, 2.05) is 19.2 Å². The summed E-state index contributed by atoms with van der Waals surface area (Å²) in [5, 5.41) is 0. The third-order valence-electron chi connectivity index (χ3n) is 4.34. The summed E-state index contributed by atoms with van der Waals surface area (Å²) in [5.41, 5.74) is 1.85. The Balaban J connectivity index is 2.15. The summed E-state index contributed by atoms with van der Waals surface area (Å²) in [6, 6.07) is 12.1. The highest BCUT2D eigenvalue weighted by atomic mass is 16.7. The molecule has 29 heavy (non-hydrogen) atoms. The van der Waals surface area contributed by atoms with Crippen molar-refractivity contribution in [2.24, 2.45) is 0 Å². The second-order valence-corrected chi connectivity index (χ2v) is 6.58. The molecule has 0 fully saturated rings. The average Bonchev–Trinajstić information content (AvgIpc) is 2.71. The molecule has 2 aromatic carbocycles. The Morgan fingerprint density at radius 3 is 2.21 bits per heavy atom. The summed E-state index contributed by atoms with van der Waals surface area (Å²) >= 11 is 0. The first-order chi connectivity index (χ1) is 13.9. The molecule has 0 amide bonds. The van der Waals surface area contributed by atoms with Gasteiger partial charge in [-0.05, 0) is 24.7 Å². The highest BCUT2D eigenvalue weighted by Crippen LogP contribution is 2.27. The third-order valence-corrected chi connectivity index (χ3v) is 4.34. The van der Waals surface area contributed by atoms with Crippen molar-refractivity contribution in [2.45, 2.75) is 19.8 Å². The van der Waals surface area contributed by atoms with Gasteiger partial charge >= 0.3 is 5.97 Å². The first-order valence-electron chi connectivity index (χ1n) is 9.12. The van der Waals surface area contributed by atoms with E-state index in [0.29, 0.717) is 30.0 Å². The van der Waals surface area contributed by atoms with Crippen molar-refractivity contribution in [1.82, 2.24) is 4.90 Å². The van der Waals surface area contributed by atoms with Gasteiger partial charge < -0.3 is 18.9 Å². The van der Waals surface area contributed by atoms with Crippen molar-refractivity contribution >= 4 is 11.8 Å². The van der Waals surface area contributed by atoms with E-state index in [4.69, 9.17) is 18.9 Å². The molecule has 7 heteroatoms. The maximum Gasteiger partial charge on any atom is 0.308 e. The number of methoxy groups -OCH3 is 3. The molecular weight excluding hydrogens is 374 g/mol. The molecule has 0 N–H and O–H groups in total. The van der Waals surface area contributed by atoms with Gasteiger partial charge in [0.25, 0.3) is 0 Å². The number of carbonyl (C=O) groups is 2. The molecule has 0 aliphatic heterocycles. The van der Waals surface area contributed by atoms with Gasteiger partial charge in [-0.2, -0.15) is 0 Å². The van der Waals surface area contributed by atoms with Crippen molar-refractivity contribution in [3.8, 4) is 11.5 Å². The second-order valence-electron chi connectivity index (χ2n) is 6.58. The zero-order chi connectivity index (χ0) is 21.4. The van der Waals surface area contributed by atoms with Crippen LogP contribution in [0.15, 0.2) is 42.5 Å². The summed E-state index contributed by atoms with van der Waals surface area (Å²) in [6.45, 7) is 2.58. The quantitative estimate of drug-likeness (QED) is 0.262. The molecule has 0 radical (unpaired) electrons. The van der Waals surface area contributed by atoms with Gasteiger partial charge in [0.05, 0.1) is 12.7 Å². The molecule has 2 aromatic rings. The maximum atomic E-state index is 12.9. The fraction of sp³-hybridized carbons (Fsp3) is 0.364. The summed E-state index contributed by atoms with van der Waals surface area (Å²) < 4.78 is 20.8. The molecule has 0 saturated heterocycles. The Labute approximate surface area is 171 Å². The van der Waals surface area contributed by atoms with Crippen LogP contribution in [0.1, 0.15) is 28.4 Å². The summed E-state index contributed by atoms with van der Waals surface area (Å²) in [4.78, 5) is 26.4. The zero-order valence-corrected chi connectivity index (χ0v) is 17.4. The first kappa shape index (κ1) is 22.5. The molecule has 0 unspecified atom stereocenters. The standard InChI is InChI=1S/C22H27NO6/c1-15(24)29-20-12-18(26-3)10-11-19(20)22(25)17-8-6-16(7-9-17)13-23(2)14-21(27-4)28-5/h6-12,21H,13-14H2,1-5H3. The van der Waals surface area contributed by atoms with Crippen LogP contribution >= 0.6 is 0 Å². The minimum absolute atomic E-state index is 0.177. The Morgan fingerprint density at radius 1 is 1.00 bits per heavy atom. The predicted molar refractivity (Wildman–Crippen MR) is 108 cm³/mol. The lowest BCUT2D eigenvalue weighted by Crippen LogP contribution is -2.31. The molecule has 0 aliphatic rings. The number of ether oxygens (including phenoxy) is 4. The van der Waals surface area contributed by atoms with Gasteiger partial charge in [0.2, 0.25) is 0 Å². The molecule has 0 aliphatic carbocycles. The lowest BCUT2D eigenvalue weighted by Gasteiger charge is -2.22. The Morgan fingerprint density at radius 2 is 1.66 bits per heavy atom. The van der Waals surface area contributed by atoms with Crippen molar-refractivity contribution in [3.63, 3.8) is 0 Å². The van der Waals surface area contributed by atoms with E-state index in [1.54, 1.807) is 38.5 Å². The van der Waals surface area contributed by atoms with E-state index >= 15 is 0 Å². The van der Waals surface area contributed by atoms with Gasteiger partial charge in [-0.25, -0.2) is 0 Å². The number of carbonyl (C=O) groups excluding carboxylic acids is 2. The summed E-state index contributed by atoms with van der Waals surface area (Å²) in [6.07, 6.45) is -0.296. The van der Waals surface area contributed by atoms with Crippen LogP contribution in [0.5, 0.6) is 11.5 Å². The smallest absolute Gasteiger partial charge is 0.308 e. The van der Waals surface area contributed by atoms with Crippen LogP contribution < -0.4 is 9.47 Å². The largest absolute Gasteiger partial charge is 0.497 e. The fourth-order valence-corrected chi connectivity index (χ4v) is 2.85. The topological polar surface area (TPSA) is 74.3 Å². The molecular formula is C22H27NO6. The first-order valence-corrected chi connectivity index (χ1v) is 9.12. The lowest BCUT2D eigenvalue weighted by atomic mass is 10.0. The Kier molecular flexibility index (Phi) is 8.33. The molecule has 156 valence electrons. The van der Waals surface area contributed by atoms with Gasteiger partial charge in [0, 0.05) is 45.9 Å². The average molecular weight is 401 g/mol. The number of nitrogens with zero attached hydrogens (tertiary/aromatic N) is 1. The summed E-state index contributed by atoms with van der Waals surface area (Å²) in [7, 11) is 6.68. The Hall–Kier alpha value is -2.74. The van der Waals surface area contributed by atoms with Crippen LogP contribution in [0.3, 0.4) is 0 Å². The van der Waals surface area contributed by atoms with Crippen LogP contribution in [0.25, 0.3) is 0 Å². The highest BCUT2D eigenvalue weighted by molar-refractivity contribution is 6.11. The highest BCUT2D eigenvalue weighted by Gasteiger charge is 2.17. The number of hydrogen-bond acceptors (Lipinski definition) is 7. The number of likely N-dealkylation sites (N-methyl/N-ethyl adjacent to an activating group) is 1. The van der Waals surface area contributed by atoms with E-state index in [1.165, 1.54) is 20.1 Å². The van der Waals surface area contributed by atoms with Crippen LogP contribution in [-0.2, 0) is 20.8 Å². The molecule has 2 rings (SSSR count). The maximum absolute atomic E-state index is 12.9. The Bertz CT molecular complexity index is 830. The molecule has 0 saturated carbocycles. The number of rotatable bonds is 10. The van der Waals surface area contributed by atoms with Gasteiger partial charge in [-0.15, -0.1) is 0 Å². The normalized spacial score (nSPS) is 11.0. The van der Waals surface area contributed by atoms with Crippen LogP contribution in [0, 0.1) is 0 Å². The van der Waals surface area contributed by atoms with Gasteiger partial charge in [-0.3, -0.25) is 14.5 Å². The van der Waals surface area contributed by atoms with E-state index in [2.05, 4.69) is 4.90 Å². The number of ketones is 1. The predicted octanol–water partition coefficient (Wildman–Crippen LogP) is 2.90. The molecule has 0 heterocycles. The molecule has 7 nitrogen and oxygen atoms in total. The van der Waals surface area contributed by atoms with Crippen molar-refractivity contribution in [2.75, 3.05) is 34.9 Å². The molecule has 0 spiro atoms. The fourth-order valence-electron chi connectivity index (χ4n) is 2.85. The van der Waals surface area contributed by atoms with Crippen molar-refractivity contribution < 1.29 is 28.5 Å². The van der Waals surface area contributed by atoms with Gasteiger partial charge in [-0.1, -0.05) is 24.3 Å². The minimum Gasteiger partial charge on any atom is -0.497 e. The third kappa shape index (κ3) is 6.39. The van der Waals surface area contributed by atoms with E-state index < -0.39 is 5.97 Å². The number of benzene rings is 2. The van der Waals surface area contributed by atoms with E-state index in [-0.39, 0.29) is 17.8 Å². The summed E-state index contributed by atoms with van der Waals surface area (Å²) in [5.74, 6) is -0.0591. The van der Waals surface area contributed by atoms with Gasteiger partial charge in [0.15, 0.2) is 12.1 Å². The van der Waals surface area contributed by atoms with Crippen LogP contribution in [-0.4, -0.2) is 57.9 Å². The zero-order valence-electron chi connectivity index (χ0n) is 17.4. The lowest BCUT2D eigenvalue weighted by molar-refractivity contribution is -0.131. The molecule has 0 atom stereocenters. The molecule has 0 aromatic heterocycles. The number of esters is 1. The monoisotopic (exact) mass is 401 g/mol. The minimum atomic E-state index is -0.504. The van der Waals surface area contributed by atoms with Crippen molar-refractivity contribution in [1.29, 1.82) is 0 Å². The van der Waals surface area contributed by atoms with Gasteiger partial charge in [0.1, 0.15) is 11.5 Å². The second kappa shape index (κ2) is 10.7. The number of hydrogen-bond donors (Lipinski definition) is 0. The van der Waals surface area contributed by atoms with E-state index in [0.717, 1.165) is 5.56 Å². The van der Waals surface area contributed by atoms with Crippen molar-refractivity contribution in [3.05, 3.63) is 59.2 Å².